The second-order valence-corrected chi connectivity index (χ2v) is 23.2. The summed E-state index contributed by atoms with van der Waals surface area (Å²) in [5.74, 6) is -0.0426. The molecule has 0 rings (SSSR count). The molecule has 0 bridgehead atoms. The molecule has 0 aliphatic heterocycles. The van der Waals surface area contributed by atoms with Crippen LogP contribution in [0.2, 0.25) is 0 Å². The lowest BCUT2D eigenvalue weighted by Crippen LogP contribution is -2.54. The maximum atomic E-state index is 13.9. The van der Waals surface area contributed by atoms with E-state index in [1.54, 1.807) is 0 Å². The van der Waals surface area contributed by atoms with Gasteiger partial charge in [-0.15, -0.1) is 0 Å². The van der Waals surface area contributed by atoms with Gasteiger partial charge in [0.05, 0.1) is 0 Å². The van der Waals surface area contributed by atoms with Crippen LogP contribution in [0.4, 0.5) is 0 Å². The number of rotatable bonds is 52. The second kappa shape index (κ2) is 48.4. The molecule has 0 fully saturated rings. The first-order chi connectivity index (χ1) is 34.7. The summed E-state index contributed by atoms with van der Waals surface area (Å²) in [4.78, 5) is 65.5. The molecule has 0 spiro atoms. The Morgan fingerprint density at radius 1 is 0.333 bits per heavy atom. The van der Waals surface area contributed by atoms with Crippen LogP contribution in [0.5, 0.6) is 0 Å². The van der Waals surface area contributed by atoms with E-state index in [2.05, 4.69) is 39.2 Å². The molecule has 2 atom stereocenters. The standard InChI is InChI=1S/C61H123N7O4/c1-12-14-16-18-20-22-24-26-28-30-32-34-36-38-40-44-56(69)67(50-42-48-64(7)8)58(54(3)4)60(71)62-46-52-66(11)53-47-63-61(72)59(55(5)6)68(51-43-49-65(9)10)57(70)45-41-39-37-35-33-31-29-27-25-23-21-19-17-15-13-2/h54-55,58-59H,12-53H2,1-11H3,(H,62,71)(H,63,72). The molecule has 0 heterocycles. The monoisotopic (exact) mass is 1020 g/mol. The zero-order chi connectivity index (χ0) is 53.6. The first-order valence-electron chi connectivity index (χ1n) is 30.8. The van der Waals surface area contributed by atoms with Crippen LogP contribution in [0.3, 0.4) is 0 Å². The van der Waals surface area contributed by atoms with Crippen molar-refractivity contribution >= 4 is 23.6 Å². The van der Waals surface area contributed by atoms with E-state index in [0.29, 0.717) is 52.1 Å². The summed E-state index contributed by atoms with van der Waals surface area (Å²) >= 11 is 0. The summed E-state index contributed by atoms with van der Waals surface area (Å²) in [7, 11) is 10.2. The number of nitrogens with zero attached hydrogens (tertiary/aromatic N) is 5. The molecule has 0 aromatic carbocycles. The lowest BCUT2D eigenvalue weighted by molar-refractivity contribution is -0.142. The van der Waals surface area contributed by atoms with Gasteiger partial charge in [-0.2, -0.15) is 0 Å². The Morgan fingerprint density at radius 3 is 0.819 bits per heavy atom. The van der Waals surface area contributed by atoms with Gasteiger partial charge >= 0.3 is 0 Å². The molecule has 0 aliphatic rings. The average molecular weight is 1020 g/mol. The summed E-state index contributed by atoms with van der Waals surface area (Å²) in [6, 6.07) is -1.03. The molecule has 426 valence electrons. The first kappa shape index (κ1) is 69.8. The van der Waals surface area contributed by atoms with E-state index in [1.165, 1.54) is 167 Å². The first-order valence-corrected chi connectivity index (χ1v) is 30.8. The van der Waals surface area contributed by atoms with Crippen molar-refractivity contribution in [3.05, 3.63) is 0 Å². The fraction of sp³-hybridized carbons (Fsp3) is 0.934. The Bertz CT molecular complexity index is 1190. The zero-order valence-corrected chi connectivity index (χ0v) is 49.9. The Balaban J connectivity index is 4.98. The number of nitrogens with one attached hydrogen (secondary N) is 2. The summed E-state index contributed by atoms with van der Waals surface area (Å²) in [5.41, 5.74) is 0. The van der Waals surface area contributed by atoms with Crippen LogP contribution < -0.4 is 10.6 Å². The topological polar surface area (TPSA) is 109 Å². The molecule has 0 saturated carbocycles. The molecule has 0 radical (unpaired) electrons. The third-order valence-corrected chi connectivity index (χ3v) is 14.7. The molecule has 2 N–H and O–H groups in total. The number of hydrogen-bond acceptors (Lipinski definition) is 7. The van der Waals surface area contributed by atoms with Crippen LogP contribution >= 0.6 is 0 Å². The highest BCUT2D eigenvalue weighted by atomic mass is 16.2. The molecule has 2 unspecified atom stereocenters. The predicted molar refractivity (Wildman–Crippen MR) is 310 cm³/mol. The quantitative estimate of drug-likeness (QED) is 0.0584. The lowest BCUT2D eigenvalue weighted by atomic mass is 9.99. The molecular formula is C61H123N7O4. The number of amides is 4. The van der Waals surface area contributed by atoms with Crippen molar-refractivity contribution in [1.29, 1.82) is 0 Å². The molecule has 11 nitrogen and oxygen atoms in total. The maximum Gasteiger partial charge on any atom is 0.243 e. The van der Waals surface area contributed by atoms with E-state index >= 15 is 0 Å². The fourth-order valence-corrected chi connectivity index (χ4v) is 10.2. The summed E-state index contributed by atoms with van der Waals surface area (Å²) in [5, 5.41) is 6.33. The largest absolute Gasteiger partial charge is 0.353 e. The third kappa shape index (κ3) is 39.2. The Morgan fingerprint density at radius 2 is 0.583 bits per heavy atom. The van der Waals surface area contributed by atoms with Gasteiger partial charge in [0.1, 0.15) is 12.1 Å². The van der Waals surface area contributed by atoms with Gasteiger partial charge in [-0.05, 0) is 85.8 Å². The van der Waals surface area contributed by atoms with Crippen molar-refractivity contribution in [3.8, 4) is 0 Å². The van der Waals surface area contributed by atoms with E-state index in [1.807, 2.05) is 72.7 Å². The number of hydrogen-bond donors (Lipinski definition) is 2. The molecule has 0 aliphatic carbocycles. The maximum absolute atomic E-state index is 13.9. The predicted octanol–water partition coefficient (Wildman–Crippen LogP) is 13.3. The van der Waals surface area contributed by atoms with E-state index < -0.39 is 12.1 Å². The highest BCUT2D eigenvalue weighted by Crippen LogP contribution is 2.20. The van der Waals surface area contributed by atoms with Gasteiger partial charge in [-0.25, -0.2) is 0 Å². The van der Waals surface area contributed by atoms with Gasteiger partial charge in [0.15, 0.2) is 0 Å². The van der Waals surface area contributed by atoms with E-state index in [4.69, 9.17) is 0 Å². The molecule has 11 heteroatoms. The van der Waals surface area contributed by atoms with E-state index in [9.17, 15) is 19.2 Å². The zero-order valence-electron chi connectivity index (χ0n) is 49.9. The van der Waals surface area contributed by atoms with Gasteiger partial charge in [-0.3, -0.25) is 19.2 Å². The fourth-order valence-electron chi connectivity index (χ4n) is 10.2. The van der Waals surface area contributed by atoms with E-state index in [-0.39, 0.29) is 35.5 Å². The smallest absolute Gasteiger partial charge is 0.243 e. The van der Waals surface area contributed by atoms with Crippen molar-refractivity contribution in [1.82, 2.24) is 35.1 Å². The minimum atomic E-state index is -0.517. The molecule has 0 aromatic heterocycles. The van der Waals surface area contributed by atoms with Crippen LogP contribution in [0.1, 0.15) is 260 Å². The third-order valence-electron chi connectivity index (χ3n) is 14.7. The van der Waals surface area contributed by atoms with Gasteiger partial charge in [-0.1, -0.05) is 221 Å². The summed E-state index contributed by atoms with van der Waals surface area (Å²) in [6.07, 6.45) is 41.3. The number of unbranched alkanes of at least 4 members (excludes halogenated alkanes) is 28. The molecule has 0 saturated heterocycles. The van der Waals surface area contributed by atoms with Gasteiger partial charge < -0.3 is 35.1 Å². The minimum Gasteiger partial charge on any atom is -0.353 e. The van der Waals surface area contributed by atoms with Crippen LogP contribution in [0.25, 0.3) is 0 Å². The Labute approximate surface area is 447 Å². The number of likely N-dealkylation sites (N-methyl/N-ethyl adjacent to an activating group) is 1. The van der Waals surface area contributed by atoms with Gasteiger partial charge in [0, 0.05) is 52.1 Å². The van der Waals surface area contributed by atoms with Crippen LogP contribution in [-0.4, -0.2) is 148 Å². The lowest BCUT2D eigenvalue weighted by Gasteiger charge is -2.34. The Kier molecular flexibility index (Phi) is 46.9. The minimum absolute atomic E-state index is 0.0189. The number of carbonyl (C=O) groups excluding carboxylic acids is 4. The Hall–Kier alpha value is -2.24. The van der Waals surface area contributed by atoms with E-state index in [0.717, 1.165) is 51.6 Å². The molecule has 4 amide bonds. The summed E-state index contributed by atoms with van der Waals surface area (Å²) < 4.78 is 0. The SMILES string of the molecule is CCCCCCCCCCCCCCCCCC(=O)N(CCCN(C)C)C(C(=O)NCCN(C)CCNC(=O)C(C(C)C)N(CCCN(C)C)C(=O)CCCCCCCCCCCCCCCCC)C(C)C. The van der Waals surface area contributed by atoms with Gasteiger partial charge in [0.2, 0.25) is 23.6 Å². The van der Waals surface area contributed by atoms with Crippen molar-refractivity contribution in [3.63, 3.8) is 0 Å². The molecular weight excluding hydrogens is 895 g/mol. The molecule has 0 aromatic rings. The average Bonchev–Trinajstić information content (AvgIpc) is 3.32. The van der Waals surface area contributed by atoms with Crippen molar-refractivity contribution in [2.24, 2.45) is 11.8 Å². The van der Waals surface area contributed by atoms with Crippen LogP contribution in [0, 0.1) is 11.8 Å². The highest BCUT2D eigenvalue weighted by molar-refractivity contribution is 5.88. The van der Waals surface area contributed by atoms with Gasteiger partial charge in [0.25, 0.3) is 0 Å². The van der Waals surface area contributed by atoms with Crippen molar-refractivity contribution < 1.29 is 19.2 Å². The highest BCUT2D eigenvalue weighted by Gasteiger charge is 2.33. The number of carbonyl (C=O) groups is 4. The van der Waals surface area contributed by atoms with Crippen LogP contribution in [-0.2, 0) is 19.2 Å². The van der Waals surface area contributed by atoms with Crippen molar-refractivity contribution in [2.45, 2.75) is 272 Å². The normalized spacial score (nSPS) is 12.7. The summed E-state index contributed by atoms with van der Waals surface area (Å²) in [6.45, 7) is 17.7. The second-order valence-electron chi connectivity index (χ2n) is 23.2. The molecule has 72 heavy (non-hydrogen) atoms. The van der Waals surface area contributed by atoms with Crippen LogP contribution in [0.15, 0.2) is 0 Å². The van der Waals surface area contributed by atoms with Crippen molar-refractivity contribution in [2.75, 3.05) is 87.6 Å².